The van der Waals surface area contributed by atoms with Crippen molar-refractivity contribution in [2.75, 3.05) is 27.3 Å². The molecule has 0 aromatic carbocycles. The van der Waals surface area contributed by atoms with Crippen LogP contribution < -0.4 is 21.7 Å². The summed E-state index contributed by atoms with van der Waals surface area (Å²) in [6.07, 6.45) is 3.10. The molecular weight excluding hydrogens is 638 g/mol. The quantitative estimate of drug-likeness (QED) is 0.146. The molecule has 15 heteroatoms. The molecule has 49 heavy (non-hydrogen) atoms. The number of primary amides is 1. The van der Waals surface area contributed by atoms with Crippen molar-refractivity contribution < 1.29 is 48.1 Å². The molecule has 3 rings (SSSR count). The molecule has 0 saturated carbocycles. The van der Waals surface area contributed by atoms with Crippen LogP contribution in [0.3, 0.4) is 0 Å². The van der Waals surface area contributed by atoms with Gasteiger partial charge in [-0.05, 0) is 45.1 Å². The van der Waals surface area contributed by atoms with Crippen molar-refractivity contribution in [3.05, 3.63) is 58.5 Å². The van der Waals surface area contributed by atoms with E-state index in [1.54, 1.807) is 32.9 Å². The number of allylic oxidation sites excluding steroid dienone is 4. The molecule has 1 saturated heterocycles. The van der Waals surface area contributed by atoms with Gasteiger partial charge in [0.05, 0.1) is 23.6 Å². The van der Waals surface area contributed by atoms with E-state index >= 15 is 0 Å². The van der Waals surface area contributed by atoms with Crippen LogP contribution in [0.5, 0.6) is 0 Å². The lowest BCUT2D eigenvalue weighted by molar-refractivity contribution is -0.127. The van der Waals surface area contributed by atoms with Crippen LogP contribution in [0.25, 0.3) is 0 Å². The number of carbonyl (C=O) groups is 6. The van der Waals surface area contributed by atoms with Gasteiger partial charge < -0.3 is 41.0 Å². The van der Waals surface area contributed by atoms with E-state index < -0.39 is 71.9 Å². The lowest BCUT2D eigenvalue weighted by Crippen LogP contribution is -2.40. The summed E-state index contributed by atoms with van der Waals surface area (Å²) in [5.41, 5.74) is 5.96. The van der Waals surface area contributed by atoms with Crippen LogP contribution in [-0.4, -0.2) is 103 Å². The van der Waals surface area contributed by atoms with E-state index in [0.717, 1.165) is 11.0 Å². The average molecular weight is 686 g/mol. The van der Waals surface area contributed by atoms with Gasteiger partial charge in [0.15, 0.2) is 6.10 Å². The van der Waals surface area contributed by atoms with Gasteiger partial charge in [-0.3, -0.25) is 24.1 Å². The largest absolute Gasteiger partial charge is 0.439 e. The zero-order valence-electron chi connectivity index (χ0n) is 28.9. The summed E-state index contributed by atoms with van der Waals surface area (Å²) >= 11 is 0. The summed E-state index contributed by atoms with van der Waals surface area (Å²) in [6, 6.07) is -1.22. The van der Waals surface area contributed by atoms with E-state index in [2.05, 4.69) is 16.0 Å². The first-order valence-electron chi connectivity index (χ1n) is 16.0. The van der Waals surface area contributed by atoms with Gasteiger partial charge in [-0.1, -0.05) is 38.2 Å². The van der Waals surface area contributed by atoms with Crippen molar-refractivity contribution in [3.8, 4) is 0 Å². The smallest absolute Gasteiger partial charge is 0.405 e. The van der Waals surface area contributed by atoms with Crippen molar-refractivity contribution in [1.82, 2.24) is 20.9 Å². The highest BCUT2D eigenvalue weighted by Crippen LogP contribution is 2.29. The Bertz CT molecular complexity index is 1500. The highest BCUT2D eigenvalue weighted by molar-refractivity contribution is 6.23. The molecule has 3 aliphatic rings. The summed E-state index contributed by atoms with van der Waals surface area (Å²) < 4.78 is 16.6. The molecule has 0 radical (unpaired) electrons. The van der Waals surface area contributed by atoms with Crippen molar-refractivity contribution in [1.29, 1.82) is 0 Å². The second-order valence-electron chi connectivity index (χ2n) is 12.5. The van der Waals surface area contributed by atoms with Crippen LogP contribution in [0.15, 0.2) is 58.5 Å². The van der Waals surface area contributed by atoms with Crippen molar-refractivity contribution >= 4 is 35.5 Å². The maximum Gasteiger partial charge on any atom is 0.405 e. The van der Waals surface area contributed by atoms with Crippen LogP contribution in [0.2, 0.25) is 0 Å². The first-order chi connectivity index (χ1) is 23.1. The molecule has 0 spiro atoms. The minimum absolute atomic E-state index is 0.00658. The summed E-state index contributed by atoms with van der Waals surface area (Å²) in [5.74, 6) is -3.02. The molecule has 15 nitrogen and oxygen atoms in total. The third-order valence-corrected chi connectivity index (χ3v) is 8.65. The molecule has 7 atom stereocenters. The zero-order valence-corrected chi connectivity index (χ0v) is 28.9. The van der Waals surface area contributed by atoms with Crippen molar-refractivity contribution in [2.45, 2.75) is 77.9 Å². The second kappa shape index (κ2) is 17.2. The number of hydrogen-bond donors (Lipinski definition) is 5. The Balaban J connectivity index is 2.01. The number of fused-ring (bicyclic) bond motifs is 2. The second-order valence-corrected chi connectivity index (χ2v) is 12.5. The number of methoxy groups -OCH3 is 2. The normalized spacial score (nSPS) is 32.0. The third kappa shape index (κ3) is 9.74. The van der Waals surface area contributed by atoms with Gasteiger partial charge in [-0.25, -0.2) is 9.59 Å². The topological polar surface area (TPSA) is 216 Å². The molecule has 1 fully saturated rings. The maximum absolute atomic E-state index is 13.8. The fourth-order valence-corrected chi connectivity index (χ4v) is 5.94. The number of aliphatic hydroxyl groups is 1. The Kier molecular flexibility index (Phi) is 13.6. The molecule has 2 heterocycles. The fraction of sp³-hybridized carbons (Fsp3) is 0.529. The Morgan fingerprint density at radius 3 is 2.39 bits per heavy atom. The molecule has 6 N–H and O–H groups in total. The number of imide groups is 1. The first-order valence-corrected chi connectivity index (χ1v) is 16.0. The van der Waals surface area contributed by atoms with Crippen molar-refractivity contribution in [3.63, 3.8) is 0 Å². The van der Waals surface area contributed by atoms with Crippen LogP contribution >= 0.6 is 0 Å². The molecule has 1 aliphatic carbocycles. The predicted molar refractivity (Wildman–Crippen MR) is 177 cm³/mol. The Morgan fingerprint density at radius 2 is 1.80 bits per heavy atom. The first kappa shape index (κ1) is 38.8. The van der Waals surface area contributed by atoms with E-state index in [4.69, 9.17) is 19.9 Å². The molecule has 0 unspecified atom stereocenters. The number of ketones is 2. The van der Waals surface area contributed by atoms with E-state index in [-0.39, 0.29) is 54.4 Å². The molecule has 268 valence electrons. The summed E-state index contributed by atoms with van der Waals surface area (Å²) in [4.78, 5) is 77.7. The van der Waals surface area contributed by atoms with E-state index in [0.29, 0.717) is 5.57 Å². The average Bonchev–Trinajstić information content (AvgIpc) is 3.28. The van der Waals surface area contributed by atoms with Crippen LogP contribution in [0.4, 0.5) is 9.59 Å². The standard InChI is InChI=1S/C34H47N5O10/c1-17-13-22-27(36-11-12-39-32(44)21(5)37-34(39)46)24(40)16-23(29(22)42)38-31(43)18(2)9-8-10-25(47-6)30(49-33(35)45)20(4)15-19(3)28(41)26(14-17)48-7/h8-10,15-17,19,21,25-26,28,30,36,41H,11-14H2,1-7H3,(H2,35,45)(H,37,46)(H,38,43)/b10-8+,18-9-,20-15+/t17-,19+,21+,25+,26+,28-,30+/m1/s1. The number of rotatable bonds is 7. The lowest BCUT2D eigenvalue weighted by atomic mass is 9.85. The highest BCUT2D eigenvalue weighted by Gasteiger charge is 2.36. The van der Waals surface area contributed by atoms with Crippen LogP contribution in [0.1, 0.15) is 47.5 Å². The summed E-state index contributed by atoms with van der Waals surface area (Å²) in [6.45, 7) is 8.33. The predicted octanol–water partition coefficient (Wildman–Crippen LogP) is 1.29. The SMILES string of the molecule is CO[C@H]1/C=C/C=C(/C)C(=O)NC2=CC(=O)C(NCCN3C(=O)N[C@@H](C)C3=O)=C(C[C@@H](C)C[C@H](OC)[C@H](O)[C@@H](C)/C=C(\C)[C@@H]1OC(N)=O)C2=O. The minimum Gasteiger partial charge on any atom is -0.439 e. The Hall–Kier alpha value is -4.60. The van der Waals surface area contributed by atoms with Gasteiger partial charge in [-0.15, -0.1) is 0 Å². The fourth-order valence-electron chi connectivity index (χ4n) is 5.94. The number of carbonyl (C=O) groups excluding carboxylic acids is 6. The zero-order chi connectivity index (χ0) is 36.6. The van der Waals surface area contributed by atoms with E-state index in [1.165, 1.54) is 33.3 Å². The molecule has 0 aromatic rings. The van der Waals surface area contributed by atoms with Gasteiger partial charge in [0.1, 0.15) is 12.1 Å². The molecule has 5 amide bonds. The van der Waals surface area contributed by atoms with Crippen LogP contribution in [-0.2, 0) is 33.4 Å². The van der Waals surface area contributed by atoms with Gasteiger partial charge in [0, 0.05) is 50.4 Å². The lowest BCUT2D eigenvalue weighted by Gasteiger charge is -2.30. The minimum atomic E-state index is -1.03. The number of amides is 5. The summed E-state index contributed by atoms with van der Waals surface area (Å²) in [5, 5.41) is 19.3. The molecule has 2 bridgehead atoms. The van der Waals surface area contributed by atoms with Crippen molar-refractivity contribution in [2.24, 2.45) is 17.6 Å². The molecule has 0 aromatic heterocycles. The molecule has 2 aliphatic heterocycles. The number of nitrogens with two attached hydrogens (primary N) is 1. The Labute approximate surface area is 285 Å². The van der Waals surface area contributed by atoms with E-state index in [1.807, 2.05) is 6.92 Å². The monoisotopic (exact) mass is 685 g/mol. The van der Waals surface area contributed by atoms with Gasteiger partial charge in [0.25, 0.3) is 11.8 Å². The Morgan fingerprint density at radius 1 is 1.10 bits per heavy atom. The third-order valence-electron chi connectivity index (χ3n) is 8.65. The number of aliphatic hydroxyl groups excluding tert-OH is 1. The number of urea groups is 1. The highest BCUT2D eigenvalue weighted by atomic mass is 16.6. The summed E-state index contributed by atoms with van der Waals surface area (Å²) in [7, 11) is 2.86. The number of Topliss-reactive ketones (excluding diaryl/α,β-unsaturated/α-hetero) is 1. The number of nitrogens with one attached hydrogen (secondary N) is 3. The van der Waals surface area contributed by atoms with Gasteiger partial charge in [0.2, 0.25) is 11.6 Å². The molecular formula is C34H47N5O10. The number of ether oxygens (including phenoxy) is 3. The number of hydrogen-bond acceptors (Lipinski definition) is 11. The van der Waals surface area contributed by atoms with Crippen LogP contribution in [0, 0.1) is 11.8 Å². The van der Waals surface area contributed by atoms with Gasteiger partial charge >= 0.3 is 12.1 Å². The maximum atomic E-state index is 13.8. The number of nitrogens with zero attached hydrogens (tertiary/aromatic N) is 1. The van der Waals surface area contributed by atoms with E-state index in [9.17, 15) is 33.9 Å². The van der Waals surface area contributed by atoms with Gasteiger partial charge in [-0.2, -0.15) is 0 Å².